The van der Waals surface area contributed by atoms with Gasteiger partial charge in [0.1, 0.15) is 5.82 Å². The van der Waals surface area contributed by atoms with Gasteiger partial charge in [-0.1, -0.05) is 18.2 Å². The van der Waals surface area contributed by atoms with Crippen LogP contribution < -0.4 is 10.2 Å². The number of carbonyl (C=O) groups excluding carboxylic acids is 1. The van der Waals surface area contributed by atoms with Gasteiger partial charge >= 0.3 is 0 Å². The number of benzene rings is 1. The lowest BCUT2D eigenvalue weighted by molar-refractivity contribution is 0.0971. The molecule has 1 N–H and O–H groups in total. The minimum Gasteiger partial charge on any atom is -0.315 e. The molecule has 5 nitrogen and oxygen atoms in total. The van der Waals surface area contributed by atoms with Crippen molar-refractivity contribution in [3.05, 3.63) is 78.2 Å². The zero-order valence-electron chi connectivity index (χ0n) is 16.0. The zero-order chi connectivity index (χ0) is 19.3. The third-order valence-electron chi connectivity index (χ3n) is 5.21. The number of pyridine rings is 2. The van der Waals surface area contributed by atoms with Crippen LogP contribution in [0.4, 0.5) is 5.82 Å². The minimum absolute atomic E-state index is 0.00298. The molecule has 1 aliphatic heterocycles. The van der Waals surface area contributed by atoms with Gasteiger partial charge in [0.2, 0.25) is 0 Å². The van der Waals surface area contributed by atoms with Gasteiger partial charge in [0.15, 0.2) is 0 Å². The highest BCUT2D eigenvalue weighted by molar-refractivity contribution is 6.06. The molecule has 2 aromatic heterocycles. The van der Waals surface area contributed by atoms with Crippen LogP contribution in [-0.4, -0.2) is 35.0 Å². The van der Waals surface area contributed by atoms with E-state index in [9.17, 15) is 4.79 Å². The summed E-state index contributed by atoms with van der Waals surface area (Å²) in [5.41, 5.74) is 3.84. The summed E-state index contributed by atoms with van der Waals surface area (Å²) in [4.78, 5) is 24.0. The van der Waals surface area contributed by atoms with E-state index < -0.39 is 0 Å². The van der Waals surface area contributed by atoms with E-state index in [1.165, 1.54) is 0 Å². The smallest absolute Gasteiger partial charge is 0.259 e. The molecule has 0 unspecified atom stereocenters. The fourth-order valence-electron chi connectivity index (χ4n) is 3.71. The van der Waals surface area contributed by atoms with Crippen molar-refractivity contribution in [1.82, 2.24) is 15.3 Å². The first-order valence-corrected chi connectivity index (χ1v) is 9.70. The highest BCUT2D eigenvalue weighted by Gasteiger charge is 2.29. The SMILES string of the molecule is Cc1cccnc1N(C(=O)c1ccc(-c2ccncc2)cc1)[C@@H]1CCCNC1. The number of anilines is 1. The standard InChI is InChI=1S/C23H24N4O/c1-17-4-2-13-26-22(17)27(21-5-3-12-25-16-21)23(28)20-8-6-18(7-9-20)19-10-14-24-15-11-19/h2,4,6-11,13-15,21,25H,3,5,12,16H2,1H3/t21-/m1/s1. The van der Waals surface area contributed by atoms with E-state index in [0.29, 0.717) is 5.56 Å². The highest BCUT2D eigenvalue weighted by Crippen LogP contribution is 2.26. The first kappa shape index (κ1) is 18.3. The van der Waals surface area contributed by atoms with Crippen molar-refractivity contribution in [2.45, 2.75) is 25.8 Å². The molecule has 0 spiro atoms. The van der Waals surface area contributed by atoms with Crippen LogP contribution in [-0.2, 0) is 0 Å². The van der Waals surface area contributed by atoms with Gasteiger partial charge < -0.3 is 5.32 Å². The summed E-state index contributed by atoms with van der Waals surface area (Å²) in [6.45, 7) is 3.79. The summed E-state index contributed by atoms with van der Waals surface area (Å²) < 4.78 is 0. The second-order valence-corrected chi connectivity index (χ2v) is 7.13. The normalized spacial score (nSPS) is 16.5. The second-order valence-electron chi connectivity index (χ2n) is 7.13. The molecule has 5 heteroatoms. The van der Waals surface area contributed by atoms with Gasteiger partial charge in [0.05, 0.1) is 6.04 Å². The van der Waals surface area contributed by atoms with Crippen molar-refractivity contribution in [1.29, 1.82) is 0 Å². The summed E-state index contributed by atoms with van der Waals surface area (Å²) in [6.07, 6.45) is 7.34. The number of aryl methyl sites for hydroxylation is 1. The van der Waals surface area contributed by atoms with Crippen molar-refractivity contribution < 1.29 is 4.79 Å². The van der Waals surface area contributed by atoms with Crippen molar-refractivity contribution in [2.24, 2.45) is 0 Å². The quantitative estimate of drug-likeness (QED) is 0.756. The van der Waals surface area contributed by atoms with Crippen molar-refractivity contribution >= 4 is 11.7 Å². The van der Waals surface area contributed by atoms with Crippen molar-refractivity contribution in [2.75, 3.05) is 18.0 Å². The van der Waals surface area contributed by atoms with Crippen molar-refractivity contribution in [3.8, 4) is 11.1 Å². The van der Waals surface area contributed by atoms with Gasteiger partial charge in [-0.2, -0.15) is 0 Å². The summed E-state index contributed by atoms with van der Waals surface area (Å²) in [5.74, 6) is 0.746. The number of carbonyl (C=O) groups is 1. The second kappa shape index (κ2) is 8.31. The monoisotopic (exact) mass is 372 g/mol. The van der Waals surface area contributed by atoms with E-state index in [4.69, 9.17) is 0 Å². The molecule has 1 aliphatic rings. The van der Waals surface area contributed by atoms with Crippen LogP contribution in [0.1, 0.15) is 28.8 Å². The number of nitrogens with one attached hydrogen (secondary N) is 1. The van der Waals surface area contributed by atoms with Crippen LogP contribution in [0.3, 0.4) is 0 Å². The first-order valence-electron chi connectivity index (χ1n) is 9.70. The predicted octanol–water partition coefficient (Wildman–Crippen LogP) is 3.85. The lowest BCUT2D eigenvalue weighted by atomic mass is 10.0. The molecule has 1 fully saturated rings. The Morgan fingerprint density at radius 2 is 1.79 bits per heavy atom. The van der Waals surface area contributed by atoms with Gasteiger partial charge in [-0.15, -0.1) is 0 Å². The fourth-order valence-corrected chi connectivity index (χ4v) is 3.71. The molecular formula is C23H24N4O. The van der Waals surface area contributed by atoms with Gasteiger partial charge in [-0.25, -0.2) is 4.98 Å². The van der Waals surface area contributed by atoms with Crippen LogP contribution in [0.5, 0.6) is 0 Å². The number of amides is 1. The molecule has 0 bridgehead atoms. The molecule has 0 radical (unpaired) electrons. The topological polar surface area (TPSA) is 58.1 Å². The average molecular weight is 372 g/mol. The van der Waals surface area contributed by atoms with E-state index in [2.05, 4.69) is 15.3 Å². The molecule has 0 saturated carbocycles. The molecule has 0 aliphatic carbocycles. The number of hydrogen-bond acceptors (Lipinski definition) is 4. The Kier molecular flexibility index (Phi) is 5.44. The van der Waals surface area contributed by atoms with E-state index in [-0.39, 0.29) is 11.9 Å². The van der Waals surface area contributed by atoms with Gasteiger partial charge in [-0.3, -0.25) is 14.7 Å². The maximum atomic E-state index is 13.5. The molecule has 1 saturated heterocycles. The molecule has 1 aromatic carbocycles. The molecule has 142 valence electrons. The molecule has 3 aromatic rings. The number of rotatable bonds is 4. The molecule has 1 atom stereocenters. The van der Waals surface area contributed by atoms with Gasteiger partial charge in [-0.05, 0) is 73.3 Å². The highest BCUT2D eigenvalue weighted by atomic mass is 16.2. The lowest BCUT2D eigenvalue weighted by Crippen LogP contribution is -2.49. The van der Waals surface area contributed by atoms with Gasteiger partial charge in [0, 0.05) is 30.7 Å². The van der Waals surface area contributed by atoms with Crippen LogP contribution >= 0.6 is 0 Å². The molecular weight excluding hydrogens is 348 g/mol. The number of hydrogen-bond donors (Lipinski definition) is 1. The summed E-state index contributed by atoms with van der Waals surface area (Å²) in [5, 5.41) is 3.41. The number of nitrogens with zero attached hydrogens (tertiary/aromatic N) is 3. The average Bonchev–Trinajstić information content (AvgIpc) is 2.77. The summed E-state index contributed by atoms with van der Waals surface area (Å²) in [6, 6.07) is 15.7. The Morgan fingerprint density at radius 3 is 2.46 bits per heavy atom. The van der Waals surface area contributed by atoms with Crippen LogP contribution in [0.2, 0.25) is 0 Å². The number of piperidine rings is 1. The number of aromatic nitrogens is 2. The van der Waals surface area contributed by atoms with Crippen LogP contribution in [0, 0.1) is 6.92 Å². The van der Waals surface area contributed by atoms with Crippen molar-refractivity contribution in [3.63, 3.8) is 0 Å². The maximum Gasteiger partial charge on any atom is 0.259 e. The largest absolute Gasteiger partial charge is 0.315 e. The fraction of sp³-hybridized carbons (Fsp3) is 0.261. The molecule has 4 rings (SSSR count). The summed E-state index contributed by atoms with van der Waals surface area (Å²) in [7, 11) is 0. The van der Waals surface area contributed by atoms with E-state index >= 15 is 0 Å². The first-order chi connectivity index (χ1) is 13.7. The molecule has 28 heavy (non-hydrogen) atoms. The van der Waals surface area contributed by atoms with Crippen LogP contribution in [0.15, 0.2) is 67.1 Å². The third-order valence-corrected chi connectivity index (χ3v) is 5.21. The zero-order valence-corrected chi connectivity index (χ0v) is 16.0. The van der Waals surface area contributed by atoms with E-state index in [1.807, 2.05) is 60.4 Å². The Hall–Kier alpha value is -3.05. The maximum absolute atomic E-state index is 13.5. The van der Waals surface area contributed by atoms with Crippen LogP contribution in [0.25, 0.3) is 11.1 Å². The Balaban J connectivity index is 1.66. The lowest BCUT2D eigenvalue weighted by Gasteiger charge is -2.34. The molecule has 3 heterocycles. The predicted molar refractivity (Wildman–Crippen MR) is 111 cm³/mol. The van der Waals surface area contributed by atoms with E-state index in [0.717, 1.165) is 48.4 Å². The molecule has 1 amide bonds. The third kappa shape index (κ3) is 3.80. The summed E-state index contributed by atoms with van der Waals surface area (Å²) >= 11 is 0. The Labute approximate surface area is 165 Å². The van der Waals surface area contributed by atoms with E-state index in [1.54, 1.807) is 18.6 Å². The Bertz CT molecular complexity index is 934. The Morgan fingerprint density at radius 1 is 1.04 bits per heavy atom. The van der Waals surface area contributed by atoms with Gasteiger partial charge in [0.25, 0.3) is 5.91 Å². The minimum atomic E-state index is -0.00298.